The predicted octanol–water partition coefficient (Wildman–Crippen LogP) is 1.13. The lowest BCUT2D eigenvalue weighted by Gasteiger charge is -2.00. The molecule has 14 heavy (non-hydrogen) atoms. The molecule has 0 bridgehead atoms. The van der Waals surface area contributed by atoms with Crippen LogP contribution in [0.5, 0.6) is 0 Å². The van der Waals surface area contributed by atoms with E-state index in [2.05, 4.69) is 15.0 Å². The van der Waals surface area contributed by atoms with Crippen molar-refractivity contribution in [2.75, 3.05) is 6.61 Å². The number of carbonyl (C=O) groups is 1. The Hall–Kier alpha value is -1.91. The van der Waals surface area contributed by atoms with Crippen LogP contribution in [0.3, 0.4) is 0 Å². The lowest BCUT2D eigenvalue weighted by Crippen LogP contribution is -2.07. The lowest BCUT2D eigenvalue weighted by molar-refractivity contribution is 0.0522. The molecule has 2 aromatic heterocycles. The SMILES string of the molecule is CCOC(=O)c1nccc2[nH]cnc12. The molecule has 0 aliphatic heterocycles. The van der Waals surface area contributed by atoms with E-state index in [0.29, 0.717) is 12.1 Å². The van der Waals surface area contributed by atoms with E-state index in [1.807, 2.05) is 0 Å². The summed E-state index contributed by atoms with van der Waals surface area (Å²) in [6.07, 6.45) is 3.07. The maximum absolute atomic E-state index is 11.4. The van der Waals surface area contributed by atoms with Gasteiger partial charge in [-0.3, -0.25) is 0 Å². The second-order valence-electron chi connectivity index (χ2n) is 2.68. The van der Waals surface area contributed by atoms with Crippen LogP contribution >= 0.6 is 0 Å². The van der Waals surface area contributed by atoms with Gasteiger partial charge in [0.15, 0.2) is 5.69 Å². The molecule has 0 aliphatic rings. The van der Waals surface area contributed by atoms with Gasteiger partial charge in [0.1, 0.15) is 5.52 Å². The van der Waals surface area contributed by atoms with Crippen LogP contribution in [0.2, 0.25) is 0 Å². The lowest BCUT2D eigenvalue weighted by atomic mass is 10.3. The molecule has 2 heterocycles. The number of rotatable bonds is 2. The largest absolute Gasteiger partial charge is 0.461 e. The van der Waals surface area contributed by atoms with Crippen molar-refractivity contribution in [3.8, 4) is 0 Å². The Bertz CT molecular complexity index is 464. The van der Waals surface area contributed by atoms with Crippen LogP contribution in [0.25, 0.3) is 11.0 Å². The minimum absolute atomic E-state index is 0.255. The van der Waals surface area contributed by atoms with Crippen molar-refractivity contribution in [3.05, 3.63) is 24.3 Å². The van der Waals surface area contributed by atoms with Gasteiger partial charge in [0.2, 0.25) is 0 Å². The summed E-state index contributed by atoms with van der Waals surface area (Å²) in [5.74, 6) is -0.440. The normalized spacial score (nSPS) is 10.4. The molecule has 0 saturated heterocycles. The quantitative estimate of drug-likeness (QED) is 0.722. The Labute approximate surface area is 80.1 Å². The topological polar surface area (TPSA) is 67.9 Å². The molecule has 0 spiro atoms. The third kappa shape index (κ3) is 1.32. The van der Waals surface area contributed by atoms with E-state index in [1.54, 1.807) is 19.2 Å². The molecule has 0 aromatic carbocycles. The van der Waals surface area contributed by atoms with Gasteiger partial charge in [0.25, 0.3) is 0 Å². The summed E-state index contributed by atoms with van der Waals surface area (Å²) < 4.78 is 4.85. The molecule has 2 rings (SSSR count). The summed E-state index contributed by atoms with van der Waals surface area (Å²) in [6.45, 7) is 2.09. The highest BCUT2D eigenvalue weighted by molar-refractivity contribution is 5.99. The van der Waals surface area contributed by atoms with Crippen molar-refractivity contribution >= 4 is 17.0 Å². The monoisotopic (exact) mass is 191 g/mol. The Kier molecular flexibility index (Phi) is 2.14. The summed E-state index contributed by atoms with van der Waals surface area (Å²) in [5, 5.41) is 0. The van der Waals surface area contributed by atoms with Crippen molar-refractivity contribution in [3.63, 3.8) is 0 Å². The first-order valence-corrected chi connectivity index (χ1v) is 4.28. The molecular formula is C9H9N3O2. The standard InChI is InChI=1S/C9H9N3O2/c1-2-14-9(13)8-7-6(3-4-10-8)11-5-12-7/h3-5H,2H2,1H3,(H,11,12). The van der Waals surface area contributed by atoms with Crippen LogP contribution in [0.15, 0.2) is 18.6 Å². The van der Waals surface area contributed by atoms with Crippen molar-refractivity contribution in [2.24, 2.45) is 0 Å². The average Bonchev–Trinajstić information content (AvgIpc) is 2.65. The fourth-order valence-electron chi connectivity index (χ4n) is 1.22. The number of esters is 1. The smallest absolute Gasteiger partial charge is 0.359 e. The maximum Gasteiger partial charge on any atom is 0.359 e. The first-order chi connectivity index (χ1) is 6.83. The fraction of sp³-hybridized carbons (Fsp3) is 0.222. The van der Waals surface area contributed by atoms with Crippen molar-refractivity contribution < 1.29 is 9.53 Å². The molecule has 5 heteroatoms. The van der Waals surface area contributed by atoms with Crippen LogP contribution in [0.4, 0.5) is 0 Å². The van der Waals surface area contributed by atoms with Gasteiger partial charge in [-0.05, 0) is 13.0 Å². The molecule has 0 saturated carbocycles. The van der Waals surface area contributed by atoms with E-state index in [4.69, 9.17) is 4.74 Å². The molecule has 1 N–H and O–H groups in total. The summed E-state index contributed by atoms with van der Waals surface area (Å²) in [7, 11) is 0. The highest BCUT2D eigenvalue weighted by Crippen LogP contribution is 2.12. The molecule has 0 aliphatic carbocycles. The number of H-pyrrole nitrogens is 1. The molecule has 2 aromatic rings. The Morgan fingerprint density at radius 1 is 1.57 bits per heavy atom. The Morgan fingerprint density at radius 2 is 2.43 bits per heavy atom. The number of aromatic nitrogens is 3. The fourth-order valence-corrected chi connectivity index (χ4v) is 1.22. The van der Waals surface area contributed by atoms with E-state index in [9.17, 15) is 4.79 Å². The summed E-state index contributed by atoms with van der Waals surface area (Å²) in [4.78, 5) is 22.3. The van der Waals surface area contributed by atoms with Crippen molar-refractivity contribution in [1.82, 2.24) is 15.0 Å². The van der Waals surface area contributed by atoms with Gasteiger partial charge in [-0.1, -0.05) is 0 Å². The number of fused-ring (bicyclic) bond motifs is 1. The van der Waals surface area contributed by atoms with Crippen molar-refractivity contribution in [2.45, 2.75) is 6.92 Å². The first kappa shape index (κ1) is 8.68. The van der Waals surface area contributed by atoms with Crippen LogP contribution in [-0.2, 0) is 4.74 Å². The third-order valence-corrected chi connectivity index (χ3v) is 1.81. The first-order valence-electron chi connectivity index (χ1n) is 4.28. The van der Waals surface area contributed by atoms with Crippen molar-refractivity contribution in [1.29, 1.82) is 0 Å². The maximum atomic E-state index is 11.4. The second-order valence-corrected chi connectivity index (χ2v) is 2.68. The number of pyridine rings is 1. The second kappa shape index (κ2) is 3.45. The van der Waals surface area contributed by atoms with Crippen LogP contribution in [0.1, 0.15) is 17.4 Å². The average molecular weight is 191 g/mol. The zero-order valence-electron chi connectivity index (χ0n) is 7.65. The Morgan fingerprint density at radius 3 is 3.21 bits per heavy atom. The summed E-state index contributed by atoms with van der Waals surface area (Å²) in [5.41, 5.74) is 1.58. The van der Waals surface area contributed by atoms with E-state index in [1.165, 1.54) is 6.33 Å². The van der Waals surface area contributed by atoms with Gasteiger partial charge in [-0.25, -0.2) is 14.8 Å². The molecule has 72 valence electrons. The number of nitrogens with one attached hydrogen (secondary N) is 1. The third-order valence-electron chi connectivity index (χ3n) is 1.81. The summed E-state index contributed by atoms with van der Waals surface area (Å²) >= 11 is 0. The number of ether oxygens (including phenoxy) is 1. The molecule has 0 radical (unpaired) electrons. The van der Waals surface area contributed by atoms with E-state index in [0.717, 1.165) is 5.52 Å². The van der Waals surface area contributed by atoms with E-state index < -0.39 is 5.97 Å². The number of hydrogen-bond acceptors (Lipinski definition) is 4. The molecule has 0 atom stereocenters. The zero-order valence-corrected chi connectivity index (χ0v) is 7.65. The number of aromatic amines is 1. The van der Waals surface area contributed by atoms with Crippen LogP contribution in [-0.4, -0.2) is 27.5 Å². The van der Waals surface area contributed by atoms with Crippen LogP contribution < -0.4 is 0 Å². The number of imidazole rings is 1. The highest BCUT2D eigenvalue weighted by atomic mass is 16.5. The molecule has 5 nitrogen and oxygen atoms in total. The Balaban J connectivity index is 2.50. The van der Waals surface area contributed by atoms with Gasteiger partial charge in [-0.2, -0.15) is 0 Å². The molecule has 0 unspecified atom stereocenters. The number of carbonyl (C=O) groups excluding carboxylic acids is 1. The minimum Gasteiger partial charge on any atom is -0.461 e. The highest BCUT2D eigenvalue weighted by Gasteiger charge is 2.13. The number of hydrogen-bond donors (Lipinski definition) is 1. The molecular weight excluding hydrogens is 182 g/mol. The van der Waals surface area contributed by atoms with Gasteiger partial charge < -0.3 is 9.72 Å². The van der Waals surface area contributed by atoms with Gasteiger partial charge >= 0.3 is 5.97 Å². The van der Waals surface area contributed by atoms with Gasteiger partial charge in [0.05, 0.1) is 18.5 Å². The number of nitrogens with zero attached hydrogens (tertiary/aromatic N) is 2. The zero-order chi connectivity index (χ0) is 9.97. The van der Waals surface area contributed by atoms with E-state index >= 15 is 0 Å². The molecule has 0 amide bonds. The minimum atomic E-state index is -0.440. The van der Waals surface area contributed by atoms with Gasteiger partial charge in [-0.15, -0.1) is 0 Å². The molecule has 0 fully saturated rings. The van der Waals surface area contributed by atoms with Crippen LogP contribution in [0, 0.1) is 0 Å². The van der Waals surface area contributed by atoms with E-state index in [-0.39, 0.29) is 5.69 Å². The predicted molar refractivity (Wildman–Crippen MR) is 49.8 cm³/mol. The summed E-state index contributed by atoms with van der Waals surface area (Å²) in [6, 6.07) is 1.76. The van der Waals surface area contributed by atoms with Gasteiger partial charge in [0, 0.05) is 6.20 Å².